The van der Waals surface area contributed by atoms with Gasteiger partial charge in [0, 0.05) is 62.7 Å². The predicted molar refractivity (Wildman–Crippen MR) is 163 cm³/mol. The van der Waals surface area contributed by atoms with E-state index in [9.17, 15) is 19.5 Å². The second kappa shape index (κ2) is 12.2. The summed E-state index contributed by atoms with van der Waals surface area (Å²) >= 11 is 0. The van der Waals surface area contributed by atoms with E-state index in [4.69, 9.17) is 9.47 Å². The maximum absolute atomic E-state index is 14.0. The molecule has 1 fully saturated rings. The minimum Gasteiger partial charge on any atom is -0.459 e. The number of hydrogen-bond acceptors (Lipinski definition) is 6. The Morgan fingerprint density at radius 1 is 1.07 bits per heavy atom. The number of H-pyrrole nitrogens is 1. The number of carbonyl (C=O) groups is 2. The molecule has 6 rings (SSSR count). The van der Waals surface area contributed by atoms with E-state index in [-0.39, 0.29) is 47.7 Å². The fourth-order valence-corrected chi connectivity index (χ4v) is 6.77. The Morgan fingerprint density at radius 3 is 2.51 bits per heavy atom. The van der Waals surface area contributed by atoms with Gasteiger partial charge in [0.05, 0.1) is 16.6 Å². The maximum Gasteiger partial charge on any atom is 0.326 e. The Kier molecular flexibility index (Phi) is 8.23. The van der Waals surface area contributed by atoms with E-state index >= 15 is 0 Å². The van der Waals surface area contributed by atoms with Crippen molar-refractivity contribution < 1.29 is 24.2 Å². The lowest BCUT2D eigenvalue weighted by molar-refractivity contribution is -0.170. The van der Waals surface area contributed by atoms with Gasteiger partial charge in [0.25, 0.3) is 5.91 Å². The average Bonchev–Trinajstić information content (AvgIpc) is 3.57. The molecule has 10 heteroatoms. The van der Waals surface area contributed by atoms with Crippen LogP contribution in [-0.2, 0) is 14.3 Å². The summed E-state index contributed by atoms with van der Waals surface area (Å²) in [6.07, 6.45) is 5.51. The first-order chi connectivity index (χ1) is 20.9. The summed E-state index contributed by atoms with van der Waals surface area (Å²) in [5.41, 5.74) is 3.27. The van der Waals surface area contributed by atoms with Crippen LogP contribution < -0.4 is 5.69 Å². The van der Waals surface area contributed by atoms with Gasteiger partial charge >= 0.3 is 5.69 Å². The van der Waals surface area contributed by atoms with E-state index < -0.39 is 6.29 Å². The third-order valence-corrected chi connectivity index (χ3v) is 8.80. The minimum atomic E-state index is -0.688. The Balaban J connectivity index is 1.31. The lowest BCUT2D eigenvalue weighted by Gasteiger charge is -2.39. The first-order valence-corrected chi connectivity index (χ1v) is 15.1. The highest BCUT2D eigenvalue weighted by atomic mass is 16.7. The number of carbonyl (C=O) groups excluding carboxylic acids is 2. The minimum absolute atomic E-state index is 0.0153. The number of imidazole rings is 1. The molecule has 0 aliphatic carbocycles. The van der Waals surface area contributed by atoms with E-state index in [1.807, 2.05) is 72.3 Å². The van der Waals surface area contributed by atoms with E-state index in [1.54, 1.807) is 9.47 Å². The molecule has 2 N–H and O–H groups in total. The van der Waals surface area contributed by atoms with Crippen LogP contribution in [0.1, 0.15) is 61.8 Å². The number of hydrogen-bond donors (Lipinski definition) is 2. The number of aliphatic hydroxyl groups is 1. The molecular weight excluding hydrogens is 548 g/mol. The molecule has 3 atom stereocenters. The zero-order valence-corrected chi connectivity index (χ0v) is 24.6. The van der Waals surface area contributed by atoms with Crippen LogP contribution in [0.4, 0.5) is 0 Å². The zero-order valence-electron chi connectivity index (χ0n) is 24.6. The molecule has 4 heterocycles. The number of ether oxygens (including phenoxy) is 2. The van der Waals surface area contributed by atoms with Gasteiger partial charge in [0.2, 0.25) is 12.2 Å². The number of aliphatic hydroxyl groups excluding tert-OH is 1. The van der Waals surface area contributed by atoms with Gasteiger partial charge in [-0.3, -0.25) is 18.7 Å². The highest BCUT2D eigenvalue weighted by Crippen LogP contribution is 2.43. The molecular formula is C33H38N4O6. The molecule has 0 radical (unpaired) electrons. The second-order valence-electron chi connectivity index (χ2n) is 11.4. The fourth-order valence-electron chi connectivity index (χ4n) is 6.77. The molecule has 0 saturated carbocycles. The smallest absolute Gasteiger partial charge is 0.326 e. The highest BCUT2D eigenvalue weighted by molar-refractivity contribution is 5.95. The molecule has 2 aromatic carbocycles. The van der Waals surface area contributed by atoms with Gasteiger partial charge in [-0.2, -0.15) is 0 Å². The number of piperidine rings is 1. The van der Waals surface area contributed by atoms with Gasteiger partial charge in [-0.15, -0.1) is 0 Å². The quantitative estimate of drug-likeness (QED) is 0.313. The second-order valence-corrected chi connectivity index (χ2v) is 11.4. The number of fused-ring (bicyclic) bond motifs is 2. The van der Waals surface area contributed by atoms with E-state index in [0.717, 1.165) is 27.5 Å². The number of allylic oxidation sites excluding steroid dienone is 1. The summed E-state index contributed by atoms with van der Waals surface area (Å²) in [4.78, 5) is 44.0. The van der Waals surface area contributed by atoms with Crippen molar-refractivity contribution in [2.75, 3.05) is 26.3 Å². The normalized spacial score (nSPS) is 21.2. The molecule has 10 nitrogen and oxygen atoms in total. The van der Waals surface area contributed by atoms with Crippen molar-refractivity contribution in [1.29, 1.82) is 0 Å². The van der Waals surface area contributed by atoms with Gasteiger partial charge in [0.1, 0.15) is 0 Å². The number of amides is 1. The SMILES string of the molecule is CCOC1OC(C(=O)N2CCC(n3c(=O)[nH]c4ccccc43)CC2)=CC(c2cn(C(C)=O)c3ccccc23)C1CCCO. The van der Waals surface area contributed by atoms with Gasteiger partial charge in [-0.1, -0.05) is 30.3 Å². The van der Waals surface area contributed by atoms with E-state index in [1.165, 1.54) is 6.92 Å². The first-order valence-electron chi connectivity index (χ1n) is 15.1. The van der Waals surface area contributed by atoms with Crippen LogP contribution in [0.5, 0.6) is 0 Å². The molecule has 1 amide bonds. The van der Waals surface area contributed by atoms with Crippen molar-refractivity contribution in [3.63, 3.8) is 0 Å². The van der Waals surface area contributed by atoms with Crippen LogP contribution in [0.25, 0.3) is 21.9 Å². The Labute approximate surface area is 249 Å². The summed E-state index contributed by atoms with van der Waals surface area (Å²) in [7, 11) is 0. The van der Waals surface area contributed by atoms with Gasteiger partial charge < -0.3 is 24.5 Å². The van der Waals surface area contributed by atoms with Crippen LogP contribution in [0.15, 0.2) is 71.4 Å². The lowest BCUT2D eigenvalue weighted by Crippen LogP contribution is -2.44. The largest absolute Gasteiger partial charge is 0.459 e. The first kappa shape index (κ1) is 28.9. The van der Waals surface area contributed by atoms with Crippen molar-refractivity contribution in [2.45, 2.75) is 57.8 Å². The molecule has 1 saturated heterocycles. The highest BCUT2D eigenvalue weighted by Gasteiger charge is 2.40. The number of likely N-dealkylation sites (tertiary alicyclic amines) is 1. The van der Waals surface area contributed by atoms with Crippen molar-refractivity contribution >= 4 is 33.8 Å². The van der Waals surface area contributed by atoms with Crippen molar-refractivity contribution in [3.8, 4) is 0 Å². The summed E-state index contributed by atoms with van der Waals surface area (Å²) in [5, 5.41) is 10.6. The lowest BCUT2D eigenvalue weighted by atomic mass is 9.80. The molecule has 3 unspecified atom stereocenters. The number of aromatic nitrogens is 3. The van der Waals surface area contributed by atoms with Crippen molar-refractivity contribution in [2.24, 2.45) is 5.92 Å². The summed E-state index contributed by atoms with van der Waals surface area (Å²) in [5.74, 6) is -0.528. The maximum atomic E-state index is 14.0. The molecule has 2 aliphatic rings. The topological polar surface area (TPSA) is 119 Å². The van der Waals surface area contributed by atoms with Gasteiger partial charge in [0.15, 0.2) is 5.76 Å². The Morgan fingerprint density at radius 2 is 1.79 bits per heavy atom. The molecule has 43 heavy (non-hydrogen) atoms. The van der Waals surface area contributed by atoms with E-state index in [2.05, 4.69) is 4.98 Å². The molecule has 0 spiro atoms. The molecule has 0 bridgehead atoms. The number of nitrogens with zero attached hydrogens (tertiary/aromatic N) is 3. The molecule has 2 aliphatic heterocycles. The number of aromatic amines is 1. The summed E-state index contributed by atoms with van der Waals surface area (Å²) < 4.78 is 15.8. The molecule has 226 valence electrons. The van der Waals surface area contributed by atoms with Crippen molar-refractivity contribution in [3.05, 3.63) is 82.6 Å². The van der Waals surface area contributed by atoms with Crippen LogP contribution in [-0.4, -0.2) is 68.5 Å². The number of rotatable bonds is 8. The van der Waals surface area contributed by atoms with Crippen LogP contribution in [0.2, 0.25) is 0 Å². The number of para-hydroxylation sites is 3. The van der Waals surface area contributed by atoms with Gasteiger partial charge in [-0.25, -0.2) is 4.79 Å². The predicted octanol–water partition coefficient (Wildman–Crippen LogP) is 4.56. The fraction of sp³-hybridized carbons (Fsp3) is 0.424. The monoisotopic (exact) mass is 586 g/mol. The summed E-state index contributed by atoms with van der Waals surface area (Å²) in [6.45, 7) is 4.82. The average molecular weight is 587 g/mol. The standard InChI is InChI=1S/C33H38N4O6/c1-3-42-32-24(10-8-18-38)25(26-20-36(21(2)39)28-12-6-4-9-23(26)28)19-30(43-32)31(40)35-16-14-22(15-17-35)37-29-13-7-5-11-27(29)34-33(37)41/h4-7,9,11-13,19-20,22,24-25,32,38H,3,8,10,14-18H2,1-2H3,(H,34,41). The molecule has 4 aromatic rings. The van der Waals surface area contributed by atoms with Crippen LogP contribution in [0, 0.1) is 5.92 Å². The summed E-state index contributed by atoms with van der Waals surface area (Å²) in [6, 6.07) is 15.4. The Hall–Kier alpha value is -4.15. The van der Waals surface area contributed by atoms with Gasteiger partial charge in [-0.05, 0) is 62.4 Å². The van der Waals surface area contributed by atoms with Crippen LogP contribution in [0.3, 0.4) is 0 Å². The molecule has 2 aromatic heterocycles. The van der Waals surface area contributed by atoms with E-state index in [0.29, 0.717) is 45.4 Å². The zero-order chi connectivity index (χ0) is 30.1. The number of nitrogens with one attached hydrogen (secondary N) is 1. The van der Waals surface area contributed by atoms with Crippen LogP contribution >= 0.6 is 0 Å². The van der Waals surface area contributed by atoms with Crippen molar-refractivity contribution in [1.82, 2.24) is 19.0 Å². The third kappa shape index (κ3) is 5.41. The Bertz CT molecular complexity index is 1720. The number of benzene rings is 2. The third-order valence-electron chi connectivity index (χ3n) is 8.80.